The molecule has 0 aromatic carbocycles. The molecule has 5 nitrogen and oxygen atoms in total. The van der Waals surface area contributed by atoms with Crippen molar-refractivity contribution in [3.8, 4) is 0 Å². The Morgan fingerprint density at radius 2 is 2.24 bits per heavy atom. The lowest BCUT2D eigenvalue weighted by Crippen LogP contribution is -2.30. The van der Waals surface area contributed by atoms with E-state index in [9.17, 15) is 9.59 Å². The topological polar surface area (TPSA) is 83.8 Å². The van der Waals surface area contributed by atoms with Crippen LogP contribution in [0, 0.1) is 5.92 Å². The lowest BCUT2D eigenvalue weighted by molar-refractivity contribution is -0.151. The predicted octanol–water partition coefficient (Wildman–Crippen LogP) is 1.11. The number of esters is 1. The van der Waals surface area contributed by atoms with Crippen LogP contribution < -0.4 is 0 Å². The van der Waals surface area contributed by atoms with Crippen molar-refractivity contribution in [2.75, 3.05) is 6.61 Å². The zero-order valence-corrected chi connectivity index (χ0v) is 9.72. The summed E-state index contributed by atoms with van der Waals surface area (Å²) >= 11 is 0. The normalized spacial score (nSPS) is 22.4. The highest BCUT2D eigenvalue weighted by molar-refractivity contribution is 5.86. The smallest absolute Gasteiger partial charge is 0.331 e. The van der Waals surface area contributed by atoms with E-state index < -0.39 is 18.0 Å². The predicted molar refractivity (Wildman–Crippen MR) is 60.3 cm³/mol. The number of carboxylic acid groups (broad SMARTS) is 1. The number of cyclic esters (lactones) is 1. The monoisotopic (exact) mass is 242 g/mol. The number of carbonyl (C=O) groups is 2. The number of aliphatic carboxylic acids is 1. The molecule has 96 valence electrons. The first-order valence-corrected chi connectivity index (χ1v) is 5.78. The third-order valence-corrected chi connectivity index (χ3v) is 3.01. The Balaban J connectivity index is 2.77. The molecule has 1 saturated heterocycles. The van der Waals surface area contributed by atoms with Crippen molar-refractivity contribution in [1.82, 2.24) is 0 Å². The zero-order chi connectivity index (χ0) is 12.8. The minimum Gasteiger partial charge on any atom is -0.478 e. The van der Waals surface area contributed by atoms with Crippen molar-refractivity contribution in [2.45, 2.75) is 38.2 Å². The standard InChI is InChI=1S/C12H18O5/c1-8(12(15)16)9(6-7-13)10-4-2-3-5-11(14)17-10/h9-10,13H,1-7H2,(H,15,16). The Kier molecular flexibility index (Phi) is 5.15. The summed E-state index contributed by atoms with van der Waals surface area (Å²) in [6, 6.07) is 0. The van der Waals surface area contributed by atoms with Gasteiger partial charge in [-0.2, -0.15) is 0 Å². The minimum absolute atomic E-state index is 0.00116. The molecule has 2 unspecified atom stereocenters. The van der Waals surface area contributed by atoms with E-state index >= 15 is 0 Å². The Morgan fingerprint density at radius 3 is 2.82 bits per heavy atom. The Bertz CT molecular complexity index is 310. The average Bonchev–Trinajstić information content (AvgIpc) is 2.49. The molecule has 0 radical (unpaired) electrons. The van der Waals surface area contributed by atoms with E-state index in [2.05, 4.69) is 6.58 Å². The van der Waals surface area contributed by atoms with Gasteiger partial charge in [0.25, 0.3) is 0 Å². The van der Waals surface area contributed by atoms with Gasteiger partial charge in [0.1, 0.15) is 6.10 Å². The first kappa shape index (κ1) is 13.7. The number of rotatable bonds is 5. The molecule has 1 aliphatic rings. The van der Waals surface area contributed by atoms with Crippen LogP contribution in [0.25, 0.3) is 0 Å². The van der Waals surface area contributed by atoms with Crippen LogP contribution in [-0.4, -0.2) is 34.9 Å². The highest BCUT2D eigenvalue weighted by Crippen LogP contribution is 2.27. The van der Waals surface area contributed by atoms with Gasteiger partial charge < -0.3 is 14.9 Å². The summed E-state index contributed by atoms with van der Waals surface area (Å²) in [6.45, 7) is 3.35. The molecule has 0 bridgehead atoms. The molecule has 1 aliphatic heterocycles. The Morgan fingerprint density at radius 1 is 1.53 bits per heavy atom. The number of aliphatic hydroxyl groups is 1. The Hall–Kier alpha value is -1.36. The fraction of sp³-hybridized carbons (Fsp3) is 0.667. The van der Waals surface area contributed by atoms with Crippen LogP contribution in [0.15, 0.2) is 12.2 Å². The minimum atomic E-state index is -1.11. The highest BCUT2D eigenvalue weighted by Gasteiger charge is 2.31. The number of carbonyl (C=O) groups excluding carboxylic acids is 1. The van der Waals surface area contributed by atoms with Crippen molar-refractivity contribution >= 4 is 11.9 Å². The van der Waals surface area contributed by atoms with E-state index in [4.69, 9.17) is 14.9 Å². The van der Waals surface area contributed by atoms with Crippen molar-refractivity contribution in [3.63, 3.8) is 0 Å². The maximum Gasteiger partial charge on any atom is 0.331 e. The van der Waals surface area contributed by atoms with Crippen LogP contribution in [0.4, 0.5) is 0 Å². The molecule has 2 N–H and O–H groups in total. The second-order valence-corrected chi connectivity index (χ2v) is 4.22. The summed E-state index contributed by atoms with van der Waals surface area (Å²) in [4.78, 5) is 22.2. The molecule has 0 saturated carbocycles. The molecule has 0 aliphatic carbocycles. The number of hydrogen-bond acceptors (Lipinski definition) is 4. The van der Waals surface area contributed by atoms with Crippen LogP contribution in [0.1, 0.15) is 32.1 Å². The number of carboxylic acids is 1. The van der Waals surface area contributed by atoms with Gasteiger partial charge in [0.15, 0.2) is 0 Å². The fourth-order valence-electron chi connectivity index (χ4n) is 2.07. The summed E-state index contributed by atoms with van der Waals surface area (Å²) in [6.07, 6.45) is 2.38. The van der Waals surface area contributed by atoms with Crippen LogP contribution in [0.5, 0.6) is 0 Å². The first-order chi connectivity index (χ1) is 8.06. The van der Waals surface area contributed by atoms with Crippen molar-refractivity contribution < 1.29 is 24.5 Å². The van der Waals surface area contributed by atoms with Crippen LogP contribution in [0.2, 0.25) is 0 Å². The molecule has 0 amide bonds. The SMILES string of the molecule is C=C(C(=O)O)C(CCO)C1CCCCC(=O)O1. The summed E-state index contributed by atoms with van der Waals surface area (Å²) in [5, 5.41) is 17.9. The number of aliphatic hydroxyl groups excluding tert-OH is 1. The number of ether oxygens (including phenoxy) is 1. The molecule has 0 aromatic rings. The van der Waals surface area contributed by atoms with Gasteiger partial charge in [-0.05, 0) is 25.7 Å². The zero-order valence-electron chi connectivity index (χ0n) is 9.72. The molecule has 5 heteroatoms. The molecule has 1 heterocycles. The largest absolute Gasteiger partial charge is 0.478 e. The summed E-state index contributed by atoms with van der Waals surface area (Å²) in [5.41, 5.74) is -0.00116. The van der Waals surface area contributed by atoms with Gasteiger partial charge in [-0.1, -0.05) is 6.58 Å². The lowest BCUT2D eigenvalue weighted by atomic mass is 9.88. The third kappa shape index (κ3) is 3.85. The third-order valence-electron chi connectivity index (χ3n) is 3.01. The van der Waals surface area contributed by atoms with E-state index in [-0.39, 0.29) is 24.6 Å². The van der Waals surface area contributed by atoms with Gasteiger partial charge in [0.05, 0.1) is 0 Å². The molecule has 17 heavy (non-hydrogen) atoms. The van der Waals surface area contributed by atoms with Gasteiger partial charge in [-0.3, -0.25) is 4.79 Å². The average molecular weight is 242 g/mol. The van der Waals surface area contributed by atoms with Crippen molar-refractivity contribution in [1.29, 1.82) is 0 Å². The lowest BCUT2D eigenvalue weighted by Gasteiger charge is -2.25. The van der Waals surface area contributed by atoms with E-state index in [1.807, 2.05) is 0 Å². The maximum absolute atomic E-state index is 11.3. The second kappa shape index (κ2) is 6.39. The molecule has 1 rings (SSSR count). The summed E-state index contributed by atoms with van der Waals surface area (Å²) in [5.74, 6) is -1.91. The molecular formula is C12H18O5. The van der Waals surface area contributed by atoms with Gasteiger partial charge in [-0.25, -0.2) is 4.79 Å². The summed E-state index contributed by atoms with van der Waals surface area (Å²) in [7, 11) is 0. The van der Waals surface area contributed by atoms with Gasteiger partial charge in [-0.15, -0.1) is 0 Å². The summed E-state index contributed by atoms with van der Waals surface area (Å²) < 4.78 is 5.22. The van der Waals surface area contributed by atoms with E-state index in [1.165, 1.54) is 0 Å². The first-order valence-electron chi connectivity index (χ1n) is 5.78. The second-order valence-electron chi connectivity index (χ2n) is 4.22. The van der Waals surface area contributed by atoms with E-state index in [0.29, 0.717) is 12.8 Å². The maximum atomic E-state index is 11.3. The van der Waals surface area contributed by atoms with Gasteiger partial charge in [0, 0.05) is 24.5 Å². The molecule has 1 fully saturated rings. The Labute approximate surface area is 100 Å². The van der Waals surface area contributed by atoms with Crippen LogP contribution in [0.3, 0.4) is 0 Å². The van der Waals surface area contributed by atoms with Crippen molar-refractivity contribution in [3.05, 3.63) is 12.2 Å². The van der Waals surface area contributed by atoms with Crippen molar-refractivity contribution in [2.24, 2.45) is 5.92 Å². The quantitative estimate of drug-likeness (QED) is 0.557. The highest BCUT2D eigenvalue weighted by atomic mass is 16.5. The van der Waals surface area contributed by atoms with E-state index in [0.717, 1.165) is 12.8 Å². The molecular weight excluding hydrogens is 224 g/mol. The van der Waals surface area contributed by atoms with Gasteiger partial charge >= 0.3 is 11.9 Å². The fourth-order valence-corrected chi connectivity index (χ4v) is 2.07. The molecule has 2 atom stereocenters. The number of hydrogen-bond donors (Lipinski definition) is 2. The van der Waals surface area contributed by atoms with Crippen LogP contribution >= 0.6 is 0 Å². The van der Waals surface area contributed by atoms with E-state index in [1.54, 1.807) is 0 Å². The van der Waals surface area contributed by atoms with Gasteiger partial charge in [0.2, 0.25) is 0 Å². The van der Waals surface area contributed by atoms with Crippen LogP contribution in [-0.2, 0) is 14.3 Å². The molecule has 0 aromatic heterocycles. The molecule has 0 spiro atoms.